The average Bonchev–Trinajstić information content (AvgIpc) is 3.69. The Kier molecular flexibility index (Phi) is 4.13. The molecule has 3 nitrogen and oxygen atoms in total. The van der Waals surface area contributed by atoms with E-state index in [0.29, 0.717) is 0 Å². The van der Waals surface area contributed by atoms with E-state index in [9.17, 15) is 0 Å². The summed E-state index contributed by atoms with van der Waals surface area (Å²) in [5, 5.41) is 5.13. The highest BCUT2D eigenvalue weighted by atomic mass is 15.1. The smallest absolute Gasteiger partial charge is 0.0763 e. The third-order valence-corrected chi connectivity index (χ3v) is 8.99. The number of hydrogen-bond donors (Lipinski definition) is 0. The molecule has 0 amide bonds. The molecular weight excluding hydrogens is 486 g/mol. The van der Waals surface area contributed by atoms with E-state index in [4.69, 9.17) is 0 Å². The van der Waals surface area contributed by atoms with Crippen LogP contribution in [0.25, 0.3) is 60.7 Å². The molecule has 3 aromatic heterocycles. The summed E-state index contributed by atoms with van der Waals surface area (Å²) >= 11 is 0. The predicted octanol–water partition coefficient (Wildman–Crippen LogP) is 9.31. The molecule has 0 radical (unpaired) electrons. The predicted molar refractivity (Wildman–Crippen MR) is 167 cm³/mol. The topological polar surface area (TPSA) is 14.8 Å². The lowest BCUT2D eigenvalue weighted by Gasteiger charge is -2.21. The van der Waals surface area contributed by atoms with Gasteiger partial charge in [-0.2, -0.15) is 0 Å². The fourth-order valence-corrected chi connectivity index (χ4v) is 7.29. The van der Waals surface area contributed by atoms with E-state index in [-0.39, 0.29) is 5.41 Å². The van der Waals surface area contributed by atoms with Gasteiger partial charge in [0, 0.05) is 50.2 Å². The number of rotatable bonds is 2. The number of nitrogens with zero attached hydrogens (tertiary/aromatic N) is 3. The lowest BCUT2D eigenvalue weighted by molar-refractivity contribution is 0.646. The summed E-state index contributed by atoms with van der Waals surface area (Å²) in [6, 6.07) is 44.1. The largest absolute Gasteiger partial charge is 0.317 e. The van der Waals surface area contributed by atoms with Crippen molar-refractivity contribution in [3.05, 3.63) is 139 Å². The Labute approximate surface area is 232 Å². The first-order valence-corrected chi connectivity index (χ1v) is 14.0. The van der Waals surface area contributed by atoms with Crippen LogP contribution in [-0.4, -0.2) is 13.7 Å². The fourth-order valence-electron chi connectivity index (χ4n) is 7.29. The van der Waals surface area contributed by atoms with Crippen LogP contribution in [0.3, 0.4) is 0 Å². The SMILES string of the molecule is CC1(C)c2ccccc2-n2cc3c4ccccc4n(-c4ccc5c(c4)c4ccccc4n5-c4ccccc4)c3c21. The highest BCUT2D eigenvalue weighted by molar-refractivity contribution is 6.13. The number of aromatic nitrogens is 3. The summed E-state index contributed by atoms with van der Waals surface area (Å²) in [7, 11) is 0. The van der Waals surface area contributed by atoms with Crippen LogP contribution in [0, 0.1) is 0 Å². The van der Waals surface area contributed by atoms with E-state index in [0.717, 1.165) is 0 Å². The van der Waals surface area contributed by atoms with Gasteiger partial charge in [-0.3, -0.25) is 0 Å². The molecular formula is C37H27N3. The molecule has 5 aromatic carbocycles. The van der Waals surface area contributed by atoms with Gasteiger partial charge in [-0.05, 0) is 54.1 Å². The molecule has 9 rings (SSSR count). The van der Waals surface area contributed by atoms with Gasteiger partial charge < -0.3 is 13.7 Å². The van der Waals surface area contributed by atoms with Crippen LogP contribution in [0.2, 0.25) is 0 Å². The highest BCUT2D eigenvalue weighted by Gasteiger charge is 2.39. The molecule has 3 heteroatoms. The molecule has 40 heavy (non-hydrogen) atoms. The van der Waals surface area contributed by atoms with Gasteiger partial charge in [0.15, 0.2) is 0 Å². The number of benzene rings is 5. The fraction of sp³-hybridized carbons (Fsp3) is 0.0811. The molecule has 0 fully saturated rings. The Hall–Kier alpha value is -5.02. The van der Waals surface area contributed by atoms with Gasteiger partial charge in [0.05, 0.1) is 27.8 Å². The van der Waals surface area contributed by atoms with Gasteiger partial charge in [0.1, 0.15) is 0 Å². The van der Waals surface area contributed by atoms with Crippen LogP contribution in [0.15, 0.2) is 128 Å². The van der Waals surface area contributed by atoms with Crippen LogP contribution in [-0.2, 0) is 5.41 Å². The second-order valence-electron chi connectivity index (χ2n) is 11.5. The van der Waals surface area contributed by atoms with Gasteiger partial charge >= 0.3 is 0 Å². The molecule has 0 N–H and O–H groups in total. The standard InChI is InChI=1S/C37H27N3/c1-37(2)30-16-8-11-19-34(30)38-23-29-27-15-7-10-18-32(27)40(35(29)36(37)38)25-20-21-33-28(22-25)26-14-6-9-17-31(26)39(33)24-12-4-3-5-13-24/h3-23H,1-2H3. The van der Waals surface area contributed by atoms with E-state index < -0.39 is 0 Å². The van der Waals surface area contributed by atoms with Crippen LogP contribution in [0.1, 0.15) is 25.1 Å². The summed E-state index contributed by atoms with van der Waals surface area (Å²) in [5.74, 6) is 0. The number of hydrogen-bond acceptors (Lipinski definition) is 0. The van der Waals surface area contributed by atoms with Crippen molar-refractivity contribution in [2.75, 3.05) is 0 Å². The molecule has 0 unspecified atom stereocenters. The quantitative estimate of drug-likeness (QED) is 0.219. The molecule has 0 atom stereocenters. The monoisotopic (exact) mass is 513 g/mol. The summed E-state index contributed by atoms with van der Waals surface area (Å²) < 4.78 is 7.31. The lowest BCUT2D eigenvalue weighted by atomic mass is 9.83. The minimum atomic E-state index is -0.113. The summed E-state index contributed by atoms with van der Waals surface area (Å²) in [6.07, 6.45) is 2.36. The lowest BCUT2D eigenvalue weighted by Crippen LogP contribution is -2.16. The molecule has 190 valence electrons. The third-order valence-electron chi connectivity index (χ3n) is 8.99. The zero-order valence-corrected chi connectivity index (χ0v) is 22.5. The second-order valence-corrected chi connectivity index (χ2v) is 11.5. The zero-order chi connectivity index (χ0) is 26.6. The molecule has 0 bridgehead atoms. The Bertz CT molecular complexity index is 2290. The van der Waals surface area contributed by atoms with Crippen molar-refractivity contribution in [3.8, 4) is 17.1 Å². The Balaban J connectivity index is 1.40. The van der Waals surface area contributed by atoms with E-state index in [1.807, 2.05) is 0 Å². The minimum Gasteiger partial charge on any atom is -0.317 e. The molecule has 0 aliphatic carbocycles. The molecule has 1 aliphatic rings. The van der Waals surface area contributed by atoms with Gasteiger partial charge in [-0.15, -0.1) is 0 Å². The minimum absolute atomic E-state index is 0.113. The first kappa shape index (κ1) is 21.9. The van der Waals surface area contributed by atoms with Crippen molar-refractivity contribution >= 4 is 43.6 Å². The molecule has 0 saturated heterocycles. The normalized spacial score (nSPS) is 13.9. The molecule has 8 aromatic rings. The van der Waals surface area contributed by atoms with Gasteiger partial charge in [-0.1, -0.05) is 86.6 Å². The Morgan fingerprint density at radius 2 is 1.12 bits per heavy atom. The van der Waals surface area contributed by atoms with Crippen molar-refractivity contribution < 1.29 is 0 Å². The maximum atomic E-state index is 2.50. The zero-order valence-electron chi connectivity index (χ0n) is 22.5. The summed E-state index contributed by atoms with van der Waals surface area (Å²) in [4.78, 5) is 0. The molecule has 0 saturated carbocycles. The van der Waals surface area contributed by atoms with E-state index in [1.165, 1.54) is 71.9 Å². The second kappa shape index (κ2) is 7.55. The van der Waals surface area contributed by atoms with Crippen molar-refractivity contribution in [2.45, 2.75) is 19.3 Å². The molecule has 1 aliphatic heterocycles. The molecule has 0 spiro atoms. The first-order valence-electron chi connectivity index (χ1n) is 14.0. The maximum Gasteiger partial charge on any atom is 0.0763 e. The number of para-hydroxylation sites is 4. The Morgan fingerprint density at radius 3 is 1.93 bits per heavy atom. The van der Waals surface area contributed by atoms with E-state index in [1.54, 1.807) is 0 Å². The van der Waals surface area contributed by atoms with Crippen LogP contribution in [0.4, 0.5) is 0 Å². The highest BCUT2D eigenvalue weighted by Crippen LogP contribution is 2.49. The van der Waals surface area contributed by atoms with Crippen LogP contribution >= 0.6 is 0 Å². The van der Waals surface area contributed by atoms with Crippen LogP contribution < -0.4 is 0 Å². The summed E-state index contributed by atoms with van der Waals surface area (Å²) in [6.45, 7) is 4.73. The Morgan fingerprint density at radius 1 is 0.500 bits per heavy atom. The van der Waals surface area contributed by atoms with E-state index >= 15 is 0 Å². The molecule has 4 heterocycles. The van der Waals surface area contributed by atoms with Crippen LogP contribution in [0.5, 0.6) is 0 Å². The van der Waals surface area contributed by atoms with Crippen molar-refractivity contribution in [3.63, 3.8) is 0 Å². The van der Waals surface area contributed by atoms with Gasteiger partial charge in [0.25, 0.3) is 0 Å². The third kappa shape index (κ3) is 2.64. The van der Waals surface area contributed by atoms with E-state index in [2.05, 4.69) is 155 Å². The van der Waals surface area contributed by atoms with Gasteiger partial charge in [-0.25, -0.2) is 0 Å². The number of fused-ring (bicyclic) bond motifs is 10. The average molecular weight is 514 g/mol. The van der Waals surface area contributed by atoms with Gasteiger partial charge in [0.2, 0.25) is 0 Å². The first-order chi connectivity index (χ1) is 19.6. The van der Waals surface area contributed by atoms with Crippen molar-refractivity contribution in [1.29, 1.82) is 0 Å². The van der Waals surface area contributed by atoms with Crippen molar-refractivity contribution in [1.82, 2.24) is 13.7 Å². The summed E-state index contributed by atoms with van der Waals surface area (Å²) in [5.41, 5.74) is 11.3. The van der Waals surface area contributed by atoms with Crippen molar-refractivity contribution in [2.24, 2.45) is 0 Å². The maximum absolute atomic E-state index is 2.50.